The summed E-state index contributed by atoms with van der Waals surface area (Å²) in [6.45, 7) is 6.72. The zero-order chi connectivity index (χ0) is 11.8. The fourth-order valence-electron chi connectivity index (χ4n) is 1.92. The average Bonchev–Trinajstić information content (AvgIpc) is 2.30. The number of nitrogens with zero attached hydrogens (tertiary/aromatic N) is 1. The number of piperidine rings is 1. The van der Waals surface area contributed by atoms with Crippen molar-refractivity contribution in [2.75, 3.05) is 19.7 Å². The second-order valence-electron chi connectivity index (χ2n) is 4.44. The van der Waals surface area contributed by atoms with Crippen LogP contribution in [-0.4, -0.2) is 30.8 Å². The number of rotatable bonds is 5. The third-order valence-corrected chi connectivity index (χ3v) is 3.17. The van der Waals surface area contributed by atoms with Crippen LogP contribution in [0, 0.1) is 5.92 Å². The SMILES string of the molecule is CCCCOC(=O)NN1CCC(CC)CC1. The number of unbranched alkanes of at least 4 members (excludes halogenated alkanes) is 1. The first-order chi connectivity index (χ1) is 7.76. The second-order valence-corrected chi connectivity index (χ2v) is 4.44. The van der Waals surface area contributed by atoms with Crippen molar-refractivity contribution in [2.24, 2.45) is 5.92 Å². The zero-order valence-corrected chi connectivity index (χ0v) is 10.5. The molecule has 0 spiro atoms. The first kappa shape index (κ1) is 13.3. The molecule has 1 N–H and O–H groups in total. The highest BCUT2D eigenvalue weighted by Crippen LogP contribution is 2.18. The molecule has 0 aromatic carbocycles. The fourth-order valence-corrected chi connectivity index (χ4v) is 1.92. The van der Waals surface area contributed by atoms with Gasteiger partial charge in [-0.2, -0.15) is 0 Å². The maximum absolute atomic E-state index is 11.4. The molecule has 1 fully saturated rings. The second kappa shape index (κ2) is 7.49. The maximum atomic E-state index is 11.4. The first-order valence-corrected chi connectivity index (χ1v) is 6.44. The van der Waals surface area contributed by atoms with E-state index in [2.05, 4.69) is 19.3 Å². The van der Waals surface area contributed by atoms with Gasteiger partial charge < -0.3 is 4.74 Å². The maximum Gasteiger partial charge on any atom is 0.421 e. The number of carbonyl (C=O) groups is 1. The number of hydrazine groups is 1. The van der Waals surface area contributed by atoms with Gasteiger partial charge in [-0.1, -0.05) is 26.7 Å². The van der Waals surface area contributed by atoms with Gasteiger partial charge in [0.05, 0.1) is 6.61 Å². The van der Waals surface area contributed by atoms with Gasteiger partial charge in [0.2, 0.25) is 0 Å². The number of carbonyl (C=O) groups excluding carboxylic acids is 1. The number of hydrogen-bond acceptors (Lipinski definition) is 3. The minimum atomic E-state index is -0.302. The summed E-state index contributed by atoms with van der Waals surface area (Å²) in [5, 5.41) is 1.97. The summed E-state index contributed by atoms with van der Waals surface area (Å²) in [5.41, 5.74) is 2.79. The summed E-state index contributed by atoms with van der Waals surface area (Å²) in [5.74, 6) is 0.828. The Hall–Kier alpha value is -0.770. The molecule has 0 bridgehead atoms. The Morgan fingerprint density at radius 2 is 2.06 bits per heavy atom. The lowest BCUT2D eigenvalue weighted by atomic mass is 9.95. The highest BCUT2D eigenvalue weighted by molar-refractivity contribution is 5.66. The Bertz CT molecular complexity index is 201. The molecule has 0 saturated carbocycles. The van der Waals surface area contributed by atoms with Crippen molar-refractivity contribution in [3.8, 4) is 0 Å². The van der Waals surface area contributed by atoms with E-state index in [4.69, 9.17) is 4.74 Å². The molecule has 4 nitrogen and oxygen atoms in total. The quantitative estimate of drug-likeness (QED) is 0.735. The summed E-state index contributed by atoms with van der Waals surface area (Å²) in [6, 6.07) is 0. The molecule has 0 unspecified atom stereocenters. The molecular formula is C12H24N2O2. The van der Waals surface area contributed by atoms with Gasteiger partial charge in [0.1, 0.15) is 0 Å². The first-order valence-electron chi connectivity index (χ1n) is 6.44. The van der Waals surface area contributed by atoms with Crippen LogP contribution >= 0.6 is 0 Å². The van der Waals surface area contributed by atoms with E-state index in [9.17, 15) is 4.79 Å². The summed E-state index contributed by atoms with van der Waals surface area (Å²) >= 11 is 0. The molecular weight excluding hydrogens is 204 g/mol. The van der Waals surface area contributed by atoms with Gasteiger partial charge in [-0.15, -0.1) is 0 Å². The van der Waals surface area contributed by atoms with E-state index >= 15 is 0 Å². The molecule has 16 heavy (non-hydrogen) atoms. The van der Waals surface area contributed by atoms with Gasteiger partial charge in [0, 0.05) is 13.1 Å². The molecule has 1 aliphatic heterocycles. The molecule has 1 amide bonds. The highest BCUT2D eigenvalue weighted by atomic mass is 16.6. The molecule has 1 aliphatic rings. The molecule has 94 valence electrons. The van der Waals surface area contributed by atoms with Crippen LogP contribution in [0.5, 0.6) is 0 Å². The van der Waals surface area contributed by atoms with Crippen LogP contribution in [0.25, 0.3) is 0 Å². The van der Waals surface area contributed by atoms with Crippen molar-refractivity contribution in [2.45, 2.75) is 46.0 Å². The van der Waals surface area contributed by atoms with Gasteiger partial charge in [-0.3, -0.25) is 5.43 Å². The minimum Gasteiger partial charge on any atom is -0.449 e. The Kier molecular flexibility index (Phi) is 6.23. The van der Waals surface area contributed by atoms with Gasteiger partial charge in [-0.05, 0) is 25.2 Å². The third kappa shape index (κ3) is 4.84. The summed E-state index contributed by atoms with van der Waals surface area (Å²) in [6.07, 6.45) is 5.27. The van der Waals surface area contributed by atoms with Crippen molar-refractivity contribution >= 4 is 6.09 Å². The minimum absolute atomic E-state index is 0.302. The lowest BCUT2D eigenvalue weighted by Crippen LogP contribution is -2.46. The predicted octanol–water partition coefficient (Wildman–Crippen LogP) is 2.55. The van der Waals surface area contributed by atoms with Crippen molar-refractivity contribution in [3.63, 3.8) is 0 Å². The Morgan fingerprint density at radius 1 is 1.38 bits per heavy atom. The summed E-state index contributed by atoms with van der Waals surface area (Å²) in [4.78, 5) is 11.4. The monoisotopic (exact) mass is 228 g/mol. The van der Waals surface area contributed by atoms with Crippen molar-refractivity contribution in [1.82, 2.24) is 10.4 Å². The number of amides is 1. The van der Waals surface area contributed by atoms with E-state index in [1.54, 1.807) is 0 Å². The summed E-state index contributed by atoms with van der Waals surface area (Å²) < 4.78 is 5.05. The zero-order valence-electron chi connectivity index (χ0n) is 10.5. The van der Waals surface area contributed by atoms with E-state index in [-0.39, 0.29) is 6.09 Å². The molecule has 1 heterocycles. The molecule has 0 aromatic heterocycles. The molecule has 1 rings (SSSR count). The highest BCUT2D eigenvalue weighted by Gasteiger charge is 2.19. The van der Waals surface area contributed by atoms with Crippen molar-refractivity contribution in [1.29, 1.82) is 0 Å². The number of nitrogens with one attached hydrogen (secondary N) is 1. The lowest BCUT2D eigenvalue weighted by Gasteiger charge is -2.31. The van der Waals surface area contributed by atoms with Crippen molar-refractivity contribution < 1.29 is 9.53 Å². The predicted molar refractivity (Wildman–Crippen MR) is 64.0 cm³/mol. The van der Waals surface area contributed by atoms with E-state index in [0.29, 0.717) is 6.61 Å². The van der Waals surface area contributed by atoms with Crippen LogP contribution in [0.3, 0.4) is 0 Å². The average molecular weight is 228 g/mol. The van der Waals surface area contributed by atoms with Crippen LogP contribution < -0.4 is 5.43 Å². The van der Waals surface area contributed by atoms with Gasteiger partial charge >= 0.3 is 6.09 Å². The van der Waals surface area contributed by atoms with E-state index < -0.39 is 0 Å². The number of hydrogen-bond donors (Lipinski definition) is 1. The molecule has 0 aromatic rings. The van der Waals surface area contributed by atoms with Crippen LogP contribution in [0.2, 0.25) is 0 Å². The molecule has 0 radical (unpaired) electrons. The molecule has 1 saturated heterocycles. The standard InChI is InChI=1S/C12H24N2O2/c1-3-5-10-16-12(15)13-14-8-6-11(4-2)7-9-14/h11H,3-10H2,1-2H3,(H,13,15). The van der Waals surface area contributed by atoms with Gasteiger partial charge in [-0.25, -0.2) is 9.80 Å². The Balaban J connectivity index is 2.10. The largest absolute Gasteiger partial charge is 0.449 e. The number of ether oxygens (including phenoxy) is 1. The fraction of sp³-hybridized carbons (Fsp3) is 0.917. The van der Waals surface area contributed by atoms with E-state index in [1.807, 2.05) is 5.01 Å². The van der Waals surface area contributed by atoms with Crippen LogP contribution in [-0.2, 0) is 4.74 Å². The Labute approximate surface area is 98.3 Å². The van der Waals surface area contributed by atoms with Crippen LogP contribution in [0.4, 0.5) is 4.79 Å². The van der Waals surface area contributed by atoms with Gasteiger partial charge in [0.15, 0.2) is 0 Å². The summed E-state index contributed by atoms with van der Waals surface area (Å²) in [7, 11) is 0. The van der Waals surface area contributed by atoms with E-state index in [1.165, 1.54) is 19.3 Å². The molecule has 4 heteroatoms. The van der Waals surface area contributed by atoms with Crippen LogP contribution in [0.15, 0.2) is 0 Å². The molecule has 0 atom stereocenters. The third-order valence-electron chi connectivity index (χ3n) is 3.17. The van der Waals surface area contributed by atoms with Crippen LogP contribution in [0.1, 0.15) is 46.0 Å². The normalized spacial score (nSPS) is 18.4. The van der Waals surface area contributed by atoms with E-state index in [0.717, 1.165) is 31.8 Å². The topological polar surface area (TPSA) is 41.6 Å². The smallest absolute Gasteiger partial charge is 0.421 e. The molecule has 0 aliphatic carbocycles. The van der Waals surface area contributed by atoms with Gasteiger partial charge in [0.25, 0.3) is 0 Å². The Morgan fingerprint density at radius 3 is 2.62 bits per heavy atom. The van der Waals surface area contributed by atoms with Crippen molar-refractivity contribution in [3.05, 3.63) is 0 Å². The lowest BCUT2D eigenvalue weighted by molar-refractivity contribution is 0.0835.